The Morgan fingerprint density at radius 3 is 2.65 bits per heavy atom. The first kappa shape index (κ1) is 15.2. The summed E-state index contributed by atoms with van der Waals surface area (Å²) in [7, 11) is -3.63. The van der Waals surface area contributed by atoms with Crippen molar-refractivity contribution >= 4 is 43.5 Å². The maximum atomic E-state index is 12.2. The lowest BCUT2D eigenvalue weighted by Gasteiger charge is -2.07. The van der Waals surface area contributed by atoms with Crippen molar-refractivity contribution in [3.63, 3.8) is 0 Å². The Labute approximate surface area is 130 Å². The van der Waals surface area contributed by atoms with Crippen molar-refractivity contribution in [2.75, 3.05) is 0 Å². The lowest BCUT2D eigenvalue weighted by molar-refractivity contribution is 0.584. The van der Waals surface area contributed by atoms with Gasteiger partial charge in [-0.1, -0.05) is 12.1 Å². The highest BCUT2D eigenvalue weighted by molar-refractivity contribution is 9.11. The topological polar surface area (TPSA) is 58.5 Å². The van der Waals surface area contributed by atoms with Gasteiger partial charge in [0.05, 0.1) is 14.9 Å². The van der Waals surface area contributed by atoms with Crippen molar-refractivity contribution in [1.29, 1.82) is 0 Å². The molecule has 4 nitrogen and oxygen atoms in total. The number of hydrazone groups is 1. The van der Waals surface area contributed by atoms with Crippen molar-refractivity contribution in [1.82, 2.24) is 4.83 Å². The van der Waals surface area contributed by atoms with Crippen LogP contribution in [0.3, 0.4) is 0 Å². The largest absolute Gasteiger partial charge is 0.276 e. The maximum Gasteiger partial charge on any atom is 0.276 e. The second-order valence-corrected chi connectivity index (χ2v) is 8.39. The van der Waals surface area contributed by atoms with Crippen LogP contribution in [0, 0.1) is 13.8 Å². The van der Waals surface area contributed by atoms with Gasteiger partial charge < -0.3 is 0 Å². The van der Waals surface area contributed by atoms with Crippen molar-refractivity contribution in [3.05, 3.63) is 50.1 Å². The van der Waals surface area contributed by atoms with Crippen LogP contribution in [0.15, 0.2) is 44.1 Å². The van der Waals surface area contributed by atoms with E-state index in [2.05, 4.69) is 25.9 Å². The number of aryl methyl sites for hydroxylation is 2. The van der Waals surface area contributed by atoms with Gasteiger partial charge in [0.2, 0.25) is 0 Å². The van der Waals surface area contributed by atoms with E-state index < -0.39 is 10.0 Å². The quantitative estimate of drug-likeness (QED) is 0.659. The van der Waals surface area contributed by atoms with Crippen LogP contribution in [0.4, 0.5) is 0 Å². The van der Waals surface area contributed by atoms with E-state index in [1.807, 2.05) is 25.1 Å². The summed E-state index contributed by atoms with van der Waals surface area (Å²) in [6.45, 7) is 3.61. The van der Waals surface area contributed by atoms with E-state index in [1.54, 1.807) is 19.1 Å². The van der Waals surface area contributed by atoms with Crippen LogP contribution < -0.4 is 4.83 Å². The summed E-state index contributed by atoms with van der Waals surface area (Å²) in [5, 5.41) is 3.80. The smallest absolute Gasteiger partial charge is 0.200 e. The molecule has 0 amide bonds. The fraction of sp³-hybridized carbons (Fsp3) is 0.154. The fourth-order valence-electron chi connectivity index (χ4n) is 1.60. The Balaban J connectivity index is 2.19. The van der Waals surface area contributed by atoms with Crippen LogP contribution in [-0.2, 0) is 10.0 Å². The van der Waals surface area contributed by atoms with Gasteiger partial charge in [-0.25, -0.2) is 4.83 Å². The third-order valence-corrected chi connectivity index (χ3v) is 5.51. The number of thiophene rings is 1. The molecule has 1 aromatic carbocycles. The van der Waals surface area contributed by atoms with E-state index in [9.17, 15) is 8.42 Å². The average molecular weight is 373 g/mol. The first-order valence-electron chi connectivity index (χ1n) is 5.76. The molecule has 0 aliphatic heterocycles. The van der Waals surface area contributed by atoms with Gasteiger partial charge in [0, 0.05) is 4.88 Å². The van der Waals surface area contributed by atoms with Crippen molar-refractivity contribution in [2.45, 2.75) is 18.7 Å². The Kier molecular flexibility index (Phi) is 4.62. The van der Waals surface area contributed by atoms with E-state index in [0.717, 1.165) is 14.2 Å². The highest BCUT2D eigenvalue weighted by atomic mass is 79.9. The third kappa shape index (κ3) is 3.68. The summed E-state index contributed by atoms with van der Waals surface area (Å²) in [6.07, 6.45) is 1.48. The first-order valence-corrected chi connectivity index (χ1v) is 8.85. The Bertz CT molecular complexity index is 751. The van der Waals surface area contributed by atoms with Gasteiger partial charge in [-0.3, -0.25) is 0 Å². The second-order valence-electron chi connectivity index (χ2n) is 4.26. The highest BCUT2D eigenvalue weighted by Crippen LogP contribution is 2.20. The lowest BCUT2D eigenvalue weighted by Crippen LogP contribution is -2.19. The molecule has 1 aromatic heterocycles. The van der Waals surface area contributed by atoms with E-state index in [4.69, 9.17) is 0 Å². The molecule has 0 spiro atoms. The van der Waals surface area contributed by atoms with Crippen LogP contribution in [0.1, 0.15) is 16.0 Å². The molecule has 106 valence electrons. The molecule has 2 aromatic rings. The number of hydrogen-bond acceptors (Lipinski definition) is 4. The summed E-state index contributed by atoms with van der Waals surface area (Å²) < 4.78 is 25.3. The molecular formula is C13H13BrN2O2S2. The molecule has 2 rings (SSSR count). The van der Waals surface area contributed by atoms with E-state index in [-0.39, 0.29) is 4.90 Å². The van der Waals surface area contributed by atoms with Crippen molar-refractivity contribution in [2.24, 2.45) is 5.10 Å². The summed E-state index contributed by atoms with van der Waals surface area (Å²) in [5.74, 6) is 0. The Hall–Kier alpha value is -1.18. The molecule has 20 heavy (non-hydrogen) atoms. The van der Waals surface area contributed by atoms with Crippen LogP contribution in [0.2, 0.25) is 0 Å². The third-order valence-electron chi connectivity index (χ3n) is 2.59. The Morgan fingerprint density at radius 1 is 1.25 bits per heavy atom. The molecular weight excluding hydrogens is 360 g/mol. The normalized spacial score (nSPS) is 11.9. The molecule has 0 aliphatic rings. The summed E-state index contributed by atoms with van der Waals surface area (Å²) in [4.78, 5) is 3.35. The van der Waals surface area contributed by atoms with Crippen molar-refractivity contribution in [3.8, 4) is 0 Å². The number of nitrogens with zero attached hydrogens (tertiary/aromatic N) is 1. The van der Waals surface area contributed by atoms with Gasteiger partial charge >= 0.3 is 0 Å². The standard InChI is InChI=1S/C13H13BrN2O2S2/c1-9-3-4-10(2)12(7-9)20(17,18)16-15-8-11-5-6-13(14)19-11/h3-8,16H,1-2H3/b15-8-. The van der Waals surface area contributed by atoms with Gasteiger partial charge in [0.25, 0.3) is 10.0 Å². The lowest BCUT2D eigenvalue weighted by atomic mass is 10.2. The first-order chi connectivity index (χ1) is 9.38. The number of rotatable bonds is 4. The summed E-state index contributed by atoms with van der Waals surface area (Å²) in [6, 6.07) is 9.02. The monoisotopic (exact) mass is 372 g/mol. The SMILES string of the molecule is Cc1ccc(C)c(S(=O)(=O)N/N=C\c2ccc(Br)s2)c1. The van der Waals surface area contributed by atoms with Crippen LogP contribution in [0.25, 0.3) is 0 Å². The molecule has 0 saturated heterocycles. The molecule has 0 bridgehead atoms. The fourth-order valence-corrected chi connectivity index (χ4v) is 4.02. The molecule has 7 heteroatoms. The molecule has 0 unspecified atom stereocenters. The maximum absolute atomic E-state index is 12.2. The molecule has 0 saturated carbocycles. The number of sulfonamides is 1. The van der Waals surface area contributed by atoms with Gasteiger partial charge in [-0.15, -0.1) is 11.3 Å². The van der Waals surface area contributed by atoms with E-state index >= 15 is 0 Å². The van der Waals surface area contributed by atoms with Crippen LogP contribution in [0.5, 0.6) is 0 Å². The van der Waals surface area contributed by atoms with Crippen LogP contribution in [-0.4, -0.2) is 14.6 Å². The molecule has 0 fully saturated rings. The molecule has 0 radical (unpaired) electrons. The summed E-state index contributed by atoms with van der Waals surface area (Å²) >= 11 is 4.81. The van der Waals surface area contributed by atoms with Crippen molar-refractivity contribution < 1.29 is 8.42 Å². The van der Waals surface area contributed by atoms with E-state index in [0.29, 0.717) is 5.56 Å². The Morgan fingerprint density at radius 2 is 2.00 bits per heavy atom. The zero-order valence-electron chi connectivity index (χ0n) is 10.9. The second kappa shape index (κ2) is 6.07. The zero-order chi connectivity index (χ0) is 14.8. The minimum atomic E-state index is -3.63. The predicted octanol–water partition coefficient (Wildman–Crippen LogP) is 3.44. The number of benzene rings is 1. The van der Waals surface area contributed by atoms with Gasteiger partial charge in [0.15, 0.2) is 0 Å². The predicted molar refractivity (Wildman–Crippen MR) is 85.9 cm³/mol. The molecule has 0 aliphatic carbocycles. The van der Waals surface area contributed by atoms with Gasteiger partial charge in [-0.2, -0.15) is 13.5 Å². The molecule has 1 N–H and O–H groups in total. The zero-order valence-corrected chi connectivity index (χ0v) is 14.1. The number of nitrogens with one attached hydrogen (secondary N) is 1. The van der Waals surface area contributed by atoms with E-state index in [1.165, 1.54) is 17.6 Å². The van der Waals surface area contributed by atoms with Crippen LogP contribution >= 0.6 is 27.3 Å². The molecule has 0 atom stereocenters. The molecule has 1 heterocycles. The minimum Gasteiger partial charge on any atom is -0.200 e. The average Bonchev–Trinajstić information content (AvgIpc) is 2.78. The minimum absolute atomic E-state index is 0.252. The van der Waals surface area contributed by atoms with Gasteiger partial charge in [0.1, 0.15) is 0 Å². The number of halogens is 1. The highest BCUT2D eigenvalue weighted by Gasteiger charge is 2.15. The summed E-state index contributed by atoms with van der Waals surface area (Å²) in [5.41, 5.74) is 1.58. The van der Waals surface area contributed by atoms with Gasteiger partial charge in [-0.05, 0) is 59.1 Å². The number of hydrogen-bond donors (Lipinski definition) is 1.